The first-order valence-corrected chi connectivity index (χ1v) is 15.2. The molecule has 0 N–H and O–H groups in total. The van der Waals surface area contributed by atoms with Gasteiger partial charge in [0.15, 0.2) is 23.1 Å². The van der Waals surface area contributed by atoms with Gasteiger partial charge in [-0.2, -0.15) is 0 Å². The lowest BCUT2D eigenvalue weighted by atomic mass is 9.71. The van der Waals surface area contributed by atoms with E-state index in [1.807, 2.05) is 19.1 Å². The number of allylic oxidation sites excluding steroid dienone is 4. The van der Waals surface area contributed by atoms with Crippen molar-refractivity contribution in [3.05, 3.63) is 80.1 Å². The number of Topliss-reactive ketones (excluding diaryl/α,β-unsaturated/α-hetero) is 2. The molecule has 0 aromatic heterocycles. The van der Waals surface area contributed by atoms with E-state index < -0.39 is 5.92 Å². The largest absolute Gasteiger partial charge is 0.490 e. The molecule has 6 nitrogen and oxygen atoms in total. The van der Waals surface area contributed by atoms with Gasteiger partial charge in [-0.25, -0.2) is 0 Å². The summed E-state index contributed by atoms with van der Waals surface area (Å²) in [5, 5.41) is 0.410. The Labute approximate surface area is 248 Å². The Morgan fingerprint density at radius 1 is 0.902 bits per heavy atom. The van der Waals surface area contributed by atoms with E-state index in [0.717, 1.165) is 72.3 Å². The van der Waals surface area contributed by atoms with E-state index in [1.54, 1.807) is 7.11 Å². The molecule has 0 bridgehead atoms. The number of hydrogen-bond acceptors (Lipinski definition) is 6. The Morgan fingerprint density at radius 2 is 1.59 bits per heavy atom. The van der Waals surface area contributed by atoms with E-state index in [0.29, 0.717) is 49.2 Å². The quantitative estimate of drug-likeness (QED) is 0.274. The van der Waals surface area contributed by atoms with E-state index in [-0.39, 0.29) is 11.6 Å². The number of hydrogen-bond donors (Lipinski definition) is 0. The van der Waals surface area contributed by atoms with Crippen molar-refractivity contribution >= 4 is 23.2 Å². The lowest BCUT2D eigenvalue weighted by molar-refractivity contribution is -0.117. The van der Waals surface area contributed by atoms with E-state index in [2.05, 4.69) is 36.9 Å². The minimum Gasteiger partial charge on any atom is -0.490 e. The second-order valence-electron chi connectivity index (χ2n) is 11.2. The smallest absolute Gasteiger partial charge is 0.180 e. The number of halogens is 1. The van der Waals surface area contributed by atoms with Crippen LogP contribution in [0.4, 0.5) is 0 Å². The third kappa shape index (κ3) is 5.96. The minimum atomic E-state index is -0.454. The van der Waals surface area contributed by atoms with E-state index in [4.69, 9.17) is 25.8 Å². The topological polar surface area (TPSA) is 65.1 Å². The first kappa shape index (κ1) is 29.4. The van der Waals surface area contributed by atoms with Crippen molar-refractivity contribution in [2.45, 2.75) is 78.2 Å². The summed E-state index contributed by atoms with van der Waals surface area (Å²) in [6.45, 7) is 8.23. The van der Waals surface area contributed by atoms with Crippen LogP contribution in [-0.4, -0.2) is 43.3 Å². The first-order chi connectivity index (χ1) is 19.8. The summed E-state index contributed by atoms with van der Waals surface area (Å²) in [5.74, 6) is 0.770. The van der Waals surface area contributed by atoms with Crippen LogP contribution in [0.2, 0.25) is 5.02 Å². The fourth-order valence-electron chi connectivity index (χ4n) is 6.39. The molecule has 3 aliphatic rings. The molecular weight excluding hydrogens is 538 g/mol. The molecule has 0 saturated heterocycles. The summed E-state index contributed by atoms with van der Waals surface area (Å²) in [7, 11) is 1.70. The molecule has 2 aromatic carbocycles. The average molecular weight is 578 g/mol. The van der Waals surface area contributed by atoms with Crippen molar-refractivity contribution in [3.8, 4) is 11.5 Å². The Morgan fingerprint density at radius 3 is 2.20 bits per heavy atom. The van der Waals surface area contributed by atoms with Crippen LogP contribution in [0.1, 0.15) is 80.0 Å². The Bertz CT molecular complexity index is 1360. The maximum Gasteiger partial charge on any atom is 0.180 e. The molecule has 0 fully saturated rings. The molecule has 0 unspecified atom stereocenters. The van der Waals surface area contributed by atoms with Crippen molar-refractivity contribution in [1.29, 1.82) is 0 Å². The summed E-state index contributed by atoms with van der Waals surface area (Å²) in [5.41, 5.74) is 7.87. The SMILES string of the molecule is CCOc1cc(C2C3=C(CCCC3=O)N(CCCOC)C3=C2C(=O)CCC3)cc(Cl)c1OCc1ccc(C)c(C)c1. The zero-order valence-electron chi connectivity index (χ0n) is 24.6. The number of nitrogens with zero attached hydrogens (tertiary/aromatic N) is 1. The zero-order chi connectivity index (χ0) is 29.1. The highest BCUT2D eigenvalue weighted by atomic mass is 35.5. The van der Waals surface area contributed by atoms with Crippen LogP contribution in [0, 0.1) is 13.8 Å². The Kier molecular flexibility index (Phi) is 9.20. The van der Waals surface area contributed by atoms with Gasteiger partial charge in [-0.3, -0.25) is 9.59 Å². The van der Waals surface area contributed by atoms with Gasteiger partial charge in [-0.05, 0) is 87.3 Å². The zero-order valence-corrected chi connectivity index (χ0v) is 25.4. The van der Waals surface area contributed by atoms with Gasteiger partial charge < -0.3 is 19.1 Å². The van der Waals surface area contributed by atoms with Crippen LogP contribution in [-0.2, 0) is 20.9 Å². The van der Waals surface area contributed by atoms with Gasteiger partial charge in [0.05, 0.1) is 11.6 Å². The van der Waals surface area contributed by atoms with Gasteiger partial charge in [-0.1, -0.05) is 29.8 Å². The van der Waals surface area contributed by atoms with Gasteiger partial charge in [0.1, 0.15) is 6.61 Å². The lowest BCUT2D eigenvalue weighted by Gasteiger charge is -2.44. The molecule has 5 rings (SSSR count). The summed E-state index contributed by atoms with van der Waals surface area (Å²) in [4.78, 5) is 29.5. The summed E-state index contributed by atoms with van der Waals surface area (Å²) in [6, 6.07) is 10.0. The number of aryl methyl sites for hydroxylation is 2. The predicted octanol–water partition coefficient (Wildman–Crippen LogP) is 7.38. The van der Waals surface area contributed by atoms with Gasteiger partial charge >= 0.3 is 0 Å². The number of ketones is 2. The number of rotatable bonds is 10. The molecule has 7 heteroatoms. The highest BCUT2D eigenvalue weighted by Crippen LogP contribution is 2.51. The van der Waals surface area contributed by atoms with Gasteiger partial charge in [0.2, 0.25) is 0 Å². The van der Waals surface area contributed by atoms with Crippen LogP contribution in [0.15, 0.2) is 52.9 Å². The number of benzene rings is 2. The second-order valence-corrected chi connectivity index (χ2v) is 11.6. The van der Waals surface area contributed by atoms with Crippen LogP contribution in [0.3, 0.4) is 0 Å². The molecule has 2 aliphatic carbocycles. The molecule has 1 heterocycles. The standard InChI is InChI=1S/C34H40ClNO5/c1-5-40-30-19-24(18-25(35)34(30)41-20-23-14-13-21(2)22(3)17-23)31-32-26(9-6-11-28(32)37)36(15-8-16-39-4)27-10-7-12-29(38)33(27)31/h13-14,17-19,31H,5-12,15-16,20H2,1-4H3. The van der Waals surface area contributed by atoms with Crippen LogP contribution < -0.4 is 9.47 Å². The maximum atomic E-state index is 13.6. The molecule has 0 radical (unpaired) electrons. The van der Waals surface area contributed by atoms with Crippen molar-refractivity contribution in [2.24, 2.45) is 0 Å². The van der Waals surface area contributed by atoms with Crippen LogP contribution in [0.5, 0.6) is 11.5 Å². The van der Waals surface area contributed by atoms with Gasteiger partial charge in [0.25, 0.3) is 0 Å². The number of carbonyl (C=O) groups is 2. The fourth-order valence-corrected chi connectivity index (χ4v) is 6.67. The second kappa shape index (κ2) is 12.8. The molecule has 2 aromatic rings. The molecule has 1 aliphatic heterocycles. The van der Waals surface area contributed by atoms with Crippen molar-refractivity contribution in [1.82, 2.24) is 4.90 Å². The monoisotopic (exact) mass is 577 g/mol. The Hall–Kier alpha value is -3.09. The lowest BCUT2D eigenvalue weighted by Crippen LogP contribution is -2.39. The summed E-state index contributed by atoms with van der Waals surface area (Å²) < 4.78 is 17.6. The normalized spacial score (nSPS) is 17.6. The molecule has 0 spiro atoms. The molecule has 0 atom stereocenters. The minimum absolute atomic E-state index is 0.113. The molecule has 41 heavy (non-hydrogen) atoms. The molecule has 0 saturated carbocycles. The average Bonchev–Trinajstić information content (AvgIpc) is 2.95. The van der Waals surface area contributed by atoms with Crippen molar-refractivity contribution < 1.29 is 23.8 Å². The Balaban J connectivity index is 1.58. The third-order valence-electron chi connectivity index (χ3n) is 8.44. The maximum absolute atomic E-state index is 13.6. The van der Waals surface area contributed by atoms with E-state index in [1.165, 1.54) is 11.1 Å². The third-order valence-corrected chi connectivity index (χ3v) is 8.72. The van der Waals surface area contributed by atoms with Crippen molar-refractivity contribution in [2.75, 3.05) is 26.9 Å². The molecule has 218 valence electrons. The predicted molar refractivity (Wildman–Crippen MR) is 161 cm³/mol. The summed E-state index contributed by atoms with van der Waals surface area (Å²) in [6.07, 6.45) is 5.07. The van der Waals surface area contributed by atoms with Crippen molar-refractivity contribution in [3.63, 3.8) is 0 Å². The number of carbonyl (C=O) groups excluding carboxylic acids is 2. The molecular formula is C34H40ClNO5. The first-order valence-electron chi connectivity index (χ1n) is 14.8. The van der Waals surface area contributed by atoms with E-state index in [9.17, 15) is 9.59 Å². The van der Waals surface area contributed by atoms with Crippen LogP contribution in [0.25, 0.3) is 0 Å². The fraction of sp³-hybridized carbons (Fsp3) is 0.471. The highest BCUT2D eigenvalue weighted by Gasteiger charge is 2.43. The highest BCUT2D eigenvalue weighted by molar-refractivity contribution is 6.32. The number of ether oxygens (including phenoxy) is 3. The van der Waals surface area contributed by atoms with Crippen LogP contribution >= 0.6 is 11.6 Å². The van der Waals surface area contributed by atoms with Gasteiger partial charge in [0, 0.05) is 61.6 Å². The van der Waals surface area contributed by atoms with E-state index >= 15 is 0 Å². The van der Waals surface area contributed by atoms with Gasteiger partial charge in [-0.15, -0.1) is 0 Å². The molecule has 0 amide bonds. The summed E-state index contributed by atoms with van der Waals surface area (Å²) >= 11 is 6.92. The number of methoxy groups -OCH3 is 1.